The van der Waals surface area contributed by atoms with Crippen molar-refractivity contribution in [3.05, 3.63) is 46.5 Å². The van der Waals surface area contributed by atoms with Crippen LogP contribution in [0.1, 0.15) is 17.6 Å². The van der Waals surface area contributed by atoms with Crippen molar-refractivity contribution < 1.29 is 14.3 Å². The lowest BCUT2D eigenvalue weighted by atomic mass is 10.1. The summed E-state index contributed by atoms with van der Waals surface area (Å²) in [7, 11) is 0. The Morgan fingerprint density at radius 3 is 2.86 bits per heavy atom. The summed E-state index contributed by atoms with van der Waals surface area (Å²) in [6, 6.07) is 7.95. The smallest absolute Gasteiger partial charge is 0.191 e. The Balaban J connectivity index is 1.51. The van der Waals surface area contributed by atoms with Gasteiger partial charge in [0.25, 0.3) is 0 Å². The molecule has 0 aliphatic carbocycles. The molecule has 3 rings (SSSR count). The number of hydrogen-bond acceptors (Lipinski definition) is 6. The van der Waals surface area contributed by atoms with Gasteiger partial charge in [-0.2, -0.15) is 0 Å². The van der Waals surface area contributed by atoms with E-state index in [1.165, 1.54) is 4.88 Å². The second kappa shape index (κ2) is 10.6. The Hall–Kier alpha value is -1.87. The van der Waals surface area contributed by atoms with Gasteiger partial charge in [0.1, 0.15) is 5.76 Å². The number of aliphatic imine (C=N–C) groups is 1. The minimum absolute atomic E-state index is 0.418. The lowest BCUT2D eigenvalue weighted by Gasteiger charge is -2.34. The number of rotatable bonds is 9. The fraction of sp³-hybridized carbons (Fsp3) is 0.550. The number of β-amino-alcohol motifs (C(OH)–C–C–N with tert-alkyl or cyclic N) is 1. The highest BCUT2D eigenvalue weighted by atomic mass is 32.1. The van der Waals surface area contributed by atoms with Gasteiger partial charge in [0, 0.05) is 44.0 Å². The second-order valence-electron chi connectivity index (χ2n) is 7.24. The molecular formula is C20H30N4O3S. The molecule has 0 radical (unpaired) electrons. The molecule has 2 aromatic heterocycles. The topological polar surface area (TPSA) is 82.3 Å². The molecule has 1 saturated heterocycles. The molecule has 1 aliphatic rings. The predicted octanol–water partition coefficient (Wildman–Crippen LogP) is 1.70. The summed E-state index contributed by atoms with van der Waals surface area (Å²) >= 11 is 1.69. The van der Waals surface area contributed by atoms with Crippen molar-refractivity contribution >= 4 is 17.3 Å². The first-order valence-corrected chi connectivity index (χ1v) is 10.6. The zero-order valence-electron chi connectivity index (χ0n) is 16.4. The molecule has 0 bridgehead atoms. The number of nitrogens with zero attached hydrogens (tertiary/aromatic N) is 2. The lowest BCUT2D eigenvalue weighted by molar-refractivity contribution is -0.0201. The van der Waals surface area contributed by atoms with Crippen LogP contribution in [0.2, 0.25) is 0 Å². The molecule has 1 unspecified atom stereocenters. The van der Waals surface area contributed by atoms with E-state index in [1.54, 1.807) is 17.6 Å². The van der Waals surface area contributed by atoms with E-state index in [0.717, 1.165) is 38.5 Å². The van der Waals surface area contributed by atoms with Gasteiger partial charge in [-0.05, 0) is 30.5 Å². The summed E-state index contributed by atoms with van der Waals surface area (Å²) in [6.45, 7) is 7.36. The molecule has 7 nitrogen and oxygen atoms in total. The fourth-order valence-corrected chi connectivity index (χ4v) is 3.69. The van der Waals surface area contributed by atoms with Crippen molar-refractivity contribution in [3.8, 4) is 0 Å². The van der Waals surface area contributed by atoms with Crippen LogP contribution in [0.3, 0.4) is 0 Å². The molecule has 2 aromatic rings. The average molecular weight is 407 g/mol. The van der Waals surface area contributed by atoms with E-state index in [1.807, 2.05) is 25.1 Å². The molecule has 1 aliphatic heterocycles. The van der Waals surface area contributed by atoms with Crippen LogP contribution in [0.15, 0.2) is 45.3 Å². The average Bonchev–Trinajstić information content (AvgIpc) is 3.38. The molecule has 0 amide bonds. The molecule has 28 heavy (non-hydrogen) atoms. The van der Waals surface area contributed by atoms with Gasteiger partial charge in [0.05, 0.1) is 31.6 Å². The highest BCUT2D eigenvalue weighted by molar-refractivity contribution is 7.09. The number of nitrogens with one attached hydrogen (secondary N) is 2. The molecule has 1 atom stereocenters. The van der Waals surface area contributed by atoms with Crippen LogP contribution in [0, 0.1) is 0 Å². The number of furan rings is 1. The lowest BCUT2D eigenvalue weighted by Crippen LogP contribution is -2.53. The number of ether oxygens (including phenoxy) is 1. The maximum absolute atomic E-state index is 10.8. The Labute approximate surface area is 170 Å². The van der Waals surface area contributed by atoms with Crippen molar-refractivity contribution in [1.82, 2.24) is 15.5 Å². The fourth-order valence-electron chi connectivity index (χ4n) is 3.06. The number of thiophene rings is 1. The molecular weight excluding hydrogens is 376 g/mol. The number of hydrogen-bond donors (Lipinski definition) is 3. The minimum Gasteiger partial charge on any atom is -0.469 e. The van der Waals surface area contributed by atoms with Gasteiger partial charge in [-0.3, -0.25) is 4.90 Å². The summed E-state index contributed by atoms with van der Waals surface area (Å²) in [4.78, 5) is 8.10. The first kappa shape index (κ1) is 20.9. The van der Waals surface area contributed by atoms with Crippen LogP contribution >= 0.6 is 11.3 Å². The molecule has 0 saturated carbocycles. The summed E-state index contributed by atoms with van der Waals surface area (Å²) in [6.07, 6.45) is 2.46. The van der Waals surface area contributed by atoms with Gasteiger partial charge in [0.2, 0.25) is 0 Å². The Morgan fingerprint density at radius 2 is 2.14 bits per heavy atom. The summed E-state index contributed by atoms with van der Waals surface area (Å²) in [5, 5.41) is 19.5. The van der Waals surface area contributed by atoms with Crippen LogP contribution in [0.25, 0.3) is 0 Å². The molecule has 0 aromatic carbocycles. The van der Waals surface area contributed by atoms with Gasteiger partial charge < -0.3 is 24.9 Å². The standard InChI is InChI=1S/C20H30N4O3S/c1-20(25,16-24-8-11-26-12-9-24)15-23-19(22-14-18-5-3-13-28-18)21-7-6-17-4-2-10-27-17/h2-5,10,13,25H,6-9,11-12,14-16H2,1H3,(H2,21,22,23). The number of morpholine rings is 1. The van der Waals surface area contributed by atoms with E-state index in [2.05, 4.69) is 32.0 Å². The summed E-state index contributed by atoms with van der Waals surface area (Å²) in [5.74, 6) is 1.63. The zero-order chi connectivity index (χ0) is 19.7. The van der Waals surface area contributed by atoms with Crippen LogP contribution in [0.4, 0.5) is 0 Å². The Bertz CT molecular complexity index is 695. The highest BCUT2D eigenvalue weighted by Gasteiger charge is 2.25. The minimum atomic E-state index is -0.857. The summed E-state index contributed by atoms with van der Waals surface area (Å²) < 4.78 is 10.8. The van der Waals surface area contributed by atoms with Crippen molar-refractivity contribution in [2.75, 3.05) is 45.9 Å². The van der Waals surface area contributed by atoms with Gasteiger partial charge in [0.15, 0.2) is 5.96 Å². The normalized spacial score (nSPS) is 18.0. The Morgan fingerprint density at radius 1 is 1.29 bits per heavy atom. The largest absolute Gasteiger partial charge is 0.469 e. The third-order valence-corrected chi connectivity index (χ3v) is 5.38. The van der Waals surface area contributed by atoms with Gasteiger partial charge >= 0.3 is 0 Å². The number of guanidine groups is 1. The van der Waals surface area contributed by atoms with Gasteiger partial charge in [-0.15, -0.1) is 11.3 Å². The zero-order valence-corrected chi connectivity index (χ0v) is 17.2. The van der Waals surface area contributed by atoms with E-state index in [-0.39, 0.29) is 0 Å². The van der Waals surface area contributed by atoms with E-state index in [4.69, 9.17) is 9.15 Å². The van der Waals surface area contributed by atoms with Crippen LogP contribution < -0.4 is 10.6 Å². The number of aliphatic hydroxyl groups is 1. The third kappa shape index (κ3) is 7.27. The maximum atomic E-state index is 10.8. The first-order chi connectivity index (χ1) is 13.6. The van der Waals surface area contributed by atoms with Crippen LogP contribution in [-0.4, -0.2) is 67.5 Å². The molecule has 0 spiro atoms. The molecule has 1 fully saturated rings. The molecule has 8 heteroatoms. The molecule has 154 valence electrons. The third-order valence-electron chi connectivity index (χ3n) is 4.52. The monoisotopic (exact) mass is 406 g/mol. The van der Waals surface area contributed by atoms with Crippen molar-refractivity contribution in [2.45, 2.75) is 25.5 Å². The van der Waals surface area contributed by atoms with E-state index < -0.39 is 5.60 Å². The van der Waals surface area contributed by atoms with Crippen molar-refractivity contribution in [3.63, 3.8) is 0 Å². The van der Waals surface area contributed by atoms with Gasteiger partial charge in [-0.25, -0.2) is 4.99 Å². The van der Waals surface area contributed by atoms with E-state index in [9.17, 15) is 5.11 Å². The SMILES string of the molecule is CC(O)(CNC(=NCc1cccs1)NCCc1ccco1)CN1CCOCC1. The molecule has 3 heterocycles. The Kier molecular flexibility index (Phi) is 7.90. The molecule has 3 N–H and O–H groups in total. The van der Waals surface area contributed by atoms with Gasteiger partial charge in [-0.1, -0.05) is 6.07 Å². The maximum Gasteiger partial charge on any atom is 0.191 e. The van der Waals surface area contributed by atoms with E-state index in [0.29, 0.717) is 32.1 Å². The van der Waals surface area contributed by atoms with Crippen molar-refractivity contribution in [1.29, 1.82) is 0 Å². The first-order valence-electron chi connectivity index (χ1n) is 9.70. The highest BCUT2D eigenvalue weighted by Crippen LogP contribution is 2.10. The predicted molar refractivity (Wildman–Crippen MR) is 112 cm³/mol. The van der Waals surface area contributed by atoms with E-state index >= 15 is 0 Å². The second-order valence-corrected chi connectivity index (χ2v) is 8.27. The summed E-state index contributed by atoms with van der Waals surface area (Å²) in [5.41, 5.74) is -0.857. The van der Waals surface area contributed by atoms with Crippen LogP contribution in [0.5, 0.6) is 0 Å². The quantitative estimate of drug-likeness (QED) is 0.434. The van der Waals surface area contributed by atoms with Crippen molar-refractivity contribution in [2.24, 2.45) is 4.99 Å². The van der Waals surface area contributed by atoms with Crippen LogP contribution in [-0.2, 0) is 17.7 Å².